The standard InChI is InChI=1S/C17H24N2O2/c1-14(2)19(3)12-11-18-17(21)16-10-5-4-8-15(16)9-6-7-13-20/h4-5,8,10,14,20H,7,11-13H2,1-3H3,(H,18,21). The molecule has 0 saturated heterocycles. The molecule has 0 aliphatic heterocycles. The van der Waals surface area contributed by atoms with E-state index in [-0.39, 0.29) is 12.5 Å². The van der Waals surface area contributed by atoms with Gasteiger partial charge in [0.1, 0.15) is 0 Å². The molecule has 0 saturated carbocycles. The molecule has 21 heavy (non-hydrogen) atoms. The highest BCUT2D eigenvalue weighted by Gasteiger charge is 2.09. The highest BCUT2D eigenvalue weighted by molar-refractivity contribution is 5.96. The summed E-state index contributed by atoms with van der Waals surface area (Å²) in [7, 11) is 2.03. The lowest BCUT2D eigenvalue weighted by atomic mass is 10.1. The third-order valence-corrected chi connectivity index (χ3v) is 3.26. The van der Waals surface area contributed by atoms with Gasteiger partial charge in [0.25, 0.3) is 5.91 Å². The van der Waals surface area contributed by atoms with Crippen LogP contribution >= 0.6 is 0 Å². The van der Waals surface area contributed by atoms with Gasteiger partial charge in [-0.25, -0.2) is 0 Å². The van der Waals surface area contributed by atoms with Gasteiger partial charge < -0.3 is 15.3 Å². The van der Waals surface area contributed by atoms with Crippen LogP contribution in [0.2, 0.25) is 0 Å². The number of nitrogens with zero attached hydrogens (tertiary/aromatic N) is 1. The SMILES string of the molecule is CC(C)N(C)CCNC(=O)c1ccccc1C#CCCO. The fourth-order valence-electron chi connectivity index (χ4n) is 1.70. The number of hydrogen-bond acceptors (Lipinski definition) is 3. The first kappa shape index (κ1) is 17.2. The van der Waals surface area contributed by atoms with Crippen LogP contribution in [0.4, 0.5) is 0 Å². The molecule has 0 fully saturated rings. The minimum Gasteiger partial charge on any atom is -0.395 e. The zero-order chi connectivity index (χ0) is 15.7. The Morgan fingerprint density at radius 3 is 2.76 bits per heavy atom. The van der Waals surface area contributed by atoms with Crippen molar-refractivity contribution in [2.45, 2.75) is 26.3 Å². The number of aliphatic hydroxyl groups excluding tert-OH is 1. The number of amides is 1. The van der Waals surface area contributed by atoms with Gasteiger partial charge in [-0.15, -0.1) is 0 Å². The third kappa shape index (κ3) is 5.99. The number of benzene rings is 1. The summed E-state index contributed by atoms with van der Waals surface area (Å²) in [6.07, 6.45) is 0.412. The van der Waals surface area contributed by atoms with Crippen molar-refractivity contribution >= 4 is 5.91 Å². The van der Waals surface area contributed by atoms with E-state index >= 15 is 0 Å². The molecule has 0 heterocycles. The van der Waals surface area contributed by atoms with E-state index in [2.05, 4.69) is 35.9 Å². The van der Waals surface area contributed by atoms with E-state index < -0.39 is 0 Å². The van der Waals surface area contributed by atoms with E-state index in [0.29, 0.717) is 30.1 Å². The van der Waals surface area contributed by atoms with Gasteiger partial charge in [-0.05, 0) is 33.0 Å². The summed E-state index contributed by atoms with van der Waals surface area (Å²) in [5.74, 6) is 5.67. The van der Waals surface area contributed by atoms with Gasteiger partial charge in [0, 0.05) is 31.1 Å². The maximum absolute atomic E-state index is 12.2. The predicted molar refractivity (Wildman–Crippen MR) is 85.1 cm³/mol. The summed E-state index contributed by atoms with van der Waals surface area (Å²) in [6, 6.07) is 7.72. The number of aliphatic hydroxyl groups is 1. The van der Waals surface area contributed by atoms with E-state index in [4.69, 9.17) is 5.11 Å². The van der Waals surface area contributed by atoms with Crippen molar-refractivity contribution in [2.24, 2.45) is 0 Å². The molecule has 0 unspecified atom stereocenters. The topological polar surface area (TPSA) is 52.6 Å². The lowest BCUT2D eigenvalue weighted by Gasteiger charge is -2.20. The van der Waals surface area contributed by atoms with Crippen LogP contribution in [-0.2, 0) is 0 Å². The van der Waals surface area contributed by atoms with Gasteiger partial charge in [0.2, 0.25) is 0 Å². The molecular formula is C17H24N2O2. The summed E-state index contributed by atoms with van der Waals surface area (Å²) < 4.78 is 0. The van der Waals surface area contributed by atoms with Crippen LogP contribution in [0.5, 0.6) is 0 Å². The predicted octanol–water partition coefficient (Wildman–Crippen LogP) is 1.49. The molecule has 0 aliphatic carbocycles. The number of rotatable bonds is 6. The second kappa shape index (κ2) is 9.17. The second-order valence-corrected chi connectivity index (χ2v) is 5.15. The van der Waals surface area contributed by atoms with Crippen molar-refractivity contribution in [1.82, 2.24) is 10.2 Å². The number of hydrogen-bond donors (Lipinski definition) is 2. The summed E-state index contributed by atoms with van der Waals surface area (Å²) >= 11 is 0. The Kier molecular flexibility index (Phi) is 7.52. The molecule has 2 N–H and O–H groups in total. The molecule has 0 spiro atoms. The van der Waals surface area contributed by atoms with Crippen LogP contribution in [0, 0.1) is 11.8 Å². The van der Waals surface area contributed by atoms with Crippen molar-refractivity contribution in [1.29, 1.82) is 0 Å². The molecule has 1 rings (SSSR count). The molecule has 114 valence electrons. The van der Waals surface area contributed by atoms with Gasteiger partial charge >= 0.3 is 0 Å². The van der Waals surface area contributed by atoms with E-state index in [1.807, 2.05) is 25.2 Å². The largest absolute Gasteiger partial charge is 0.395 e. The van der Waals surface area contributed by atoms with E-state index in [1.165, 1.54) is 0 Å². The number of nitrogens with one attached hydrogen (secondary N) is 1. The number of likely N-dealkylation sites (N-methyl/N-ethyl adjacent to an activating group) is 1. The average Bonchev–Trinajstić information content (AvgIpc) is 2.47. The van der Waals surface area contributed by atoms with Crippen molar-refractivity contribution in [3.8, 4) is 11.8 Å². The minimum absolute atomic E-state index is 0.0307. The fraction of sp³-hybridized carbons (Fsp3) is 0.471. The van der Waals surface area contributed by atoms with E-state index in [1.54, 1.807) is 6.07 Å². The molecule has 0 aliphatic rings. The molecule has 1 aromatic rings. The van der Waals surface area contributed by atoms with Crippen molar-refractivity contribution < 1.29 is 9.90 Å². The molecule has 1 amide bonds. The minimum atomic E-state index is -0.110. The van der Waals surface area contributed by atoms with Crippen molar-refractivity contribution in [2.75, 3.05) is 26.7 Å². The zero-order valence-electron chi connectivity index (χ0n) is 13.0. The summed E-state index contributed by atoms with van der Waals surface area (Å²) in [5.41, 5.74) is 1.27. The highest BCUT2D eigenvalue weighted by Crippen LogP contribution is 2.07. The monoisotopic (exact) mass is 288 g/mol. The Morgan fingerprint density at radius 2 is 2.10 bits per heavy atom. The van der Waals surface area contributed by atoms with Crippen LogP contribution in [0.3, 0.4) is 0 Å². The molecule has 0 aromatic heterocycles. The second-order valence-electron chi connectivity index (χ2n) is 5.15. The summed E-state index contributed by atoms with van der Waals surface area (Å²) in [5, 5.41) is 11.7. The molecule has 0 bridgehead atoms. The Labute approximate surface area is 127 Å². The van der Waals surface area contributed by atoms with E-state index in [9.17, 15) is 4.79 Å². The fourth-order valence-corrected chi connectivity index (χ4v) is 1.70. The molecule has 1 aromatic carbocycles. The molecule has 4 nitrogen and oxygen atoms in total. The van der Waals surface area contributed by atoms with Gasteiger partial charge in [0.05, 0.1) is 12.2 Å². The molecule has 4 heteroatoms. The Bertz CT molecular complexity index is 515. The van der Waals surface area contributed by atoms with Crippen LogP contribution < -0.4 is 5.32 Å². The Morgan fingerprint density at radius 1 is 1.38 bits per heavy atom. The quantitative estimate of drug-likeness (QED) is 0.780. The van der Waals surface area contributed by atoms with Gasteiger partial charge in [-0.2, -0.15) is 0 Å². The Hall–Kier alpha value is -1.83. The first-order valence-electron chi connectivity index (χ1n) is 7.23. The van der Waals surface area contributed by atoms with E-state index in [0.717, 1.165) is 6.54 Å². The molecular weight excluding hydrogens is 264 g/mol. The van der Waals surface area contributed by atoms with Crippen molar-refractivity contribution in [3.05, 3.63) is 35.4 Å². The van der Waals surface area contributed by atoms with Gasteiger partial charge in [-0.1, -0.05) is 24.0 Å². The average molecular weight is 288 g/mol. The first-order valence-corrected chi connectivity index (χ1v) is 7.23. The van der Waals surface area contributed by atoms with Gasteiger partial charge in [0.15, 0.2) is 0 Å². The van der Waals surface area contributed by atoms with Crippen LogP contribution in [0.25, 0.3) is 0 Å². The lowest BCUT2D eigenvalue weighted by Crippen LogP contribution is -2.36. The number of carbonyl (C=O) groups excluding carboxylic acids is 1. The zero-order valence-corrected chi connectivity index (χ0v) is 13.0. The van der Waals surface area contributed by atoms with Crippen LogP contribution in [0.1, 0.15) is 36.2 Å². The number of carbonyl (C=O) groups is 1. The summed E-state index contributed by atoms with van der Waals surface area (Å²) in [6.45, 7) is 5.68. The maximum Gasteiger partial charge on any atom is 0.252 e. The van der Waals surface area contributed by atoms with Crippen LogP contribution in [-0.4, -0.2) is 48.7 Å². The highest BCUT2D eigenvalue weighted by atomic mass is 16.2. The Balaban J connectivity index is 2.64. The lowest BCUT2D eigenvalue weighted by molar-refractivity contribution is 0.0948. The molecule has 0 radical (unpaired) electrons. The third-order valence-electron chi connectivity index (χ3n) is 3.26. The molecule has 0 atom stereocenters. The maximum atomic E-state index is 12.2. The summed E-state index contributed by atoms with van der Waals surface area (Å²) in [4.78, 5) is 14.4. The first-order chi connectivity index (χ1) is 10.1. The smallest absolute Gasteiger partial charge is 0.252 e. The van der Waals surface area contributed by atoms with Crippen LogP contribution in [0.15, 0.2) is 24.3 Å². The van der Waals surface area contributed by atoms with Crippen molar-refractivity contribution in [3.63, 3.8) is 0 Å². The normalized spacial score (nSPS) is 10.4. The van der Waals surface area contributed by atoms with Gasteiger partial charge in [-0.3, -0.25) is 4.79 Å².